The van der Waals surface area contributed by atoms with Crippen LogP contribution in [0.15, 0.2) is 48.7 Å². The second-order valence-corrected chi connectivity index (χ2v) is 30.3. The Balaban J connectivity index is 0.841. The fraction of sp³-hybridized carbons (Fsp3) is 0.744. The van der Waals surface area contributed by atoms with Crippen molar-refractivity contribution in [2.24, 2.45) is 17.3 Å². The van der Waals surface area contributed by atoms with E-state index in [0.29, 0.717) is 29.3 Å². The molecule has 45 nitrogen and oxygen atoms in total. The predicted octanol–water partition coefficient (Wildman–Crippen LogP) is -3.58. The van der Waals surface area contributed by atoms with Gasteiger partial charge in [0, 0.05) is 86.8 Å². The Kier molecular flexibility index (Phi) is 50.6. The van der Waals surface area contributed by atoms with Crippen LogP contribution in [0.4, 0.5) is 10.5 Å². The van der Waals surface area contributed by atoms with Crippen LogP contribution < -0.4 is 41.0 Å². The lowest BCUT2D eigenvalue weighted by atomic mass is 9.85. The fourth-order valence-corrected chi connectivity index (χ4v) is 13.2. The minimum Gasteiger partial charge on any atom is -0.508 e. The molecule has 1 aromatic heterocycles. The van der Waals surface area contributed by atoms with E-state index in [4.69, 9.17) is 94.7 Å². The van der Waals surface area contributed by atoms with E-state index in [1.807, 2.05) is 6.92 Å². The zero-order valence-corrected chi connectivity index (χ0v) is 72.6. The highest BCUT2D eigenvalue weighted by Gasteiger charge is 2.47. The van der Waals surface area contributed by atoms with E-state index in [0.717, 1.165) is 5.56 Å². The molecule has 4 aliphatic rings. The van der Waals surface area contributed by atoms with Crippen molar-refractivity contribution in [2.45, 2.75) is 159 Å². The molecule has 3 unspecified atom stereocenters. The molecule has 16 atom stereocenters. The molecular formula is C82H131N9O36. The third-order valence-electron chi connectivity index (χ3n) is 20.2. The summed E-state index contributed by atoms with van der Waals surface area (Å²) in [5.74, 6) is -2.90. The van der Waals surface area contributed by atoms with Crippen molar-refractivity contribution in [3.63, 3.8) is 0 Å². The van der Waals surface area contributed by atoms with E-state index in [9.17, 15) is 79.5 Å². The SMILES string of the molecule is CC[C@H]1OC(OCCOCCOCCNC(=O)CCOCC(COCCC(=O)NCCOCCOCCOC2O[C@H](CO)[C@H](O)[C@H](O)[C@H]2C)(COCCC(=O)NCCOCCOCCO[C@@H]2O[C@H](CO)[C@H](O)[C@H](O)[C@H]2NC(C)=O)CC(=O)CNC(=O)COCCn2cc(COCCOCCOc3ccc(N4Cc5ccc(O)cc5OC4=O)cc3)nn2)[C@H](C)[C@@H](O)[C@H]1O. The lowest BCUT2D eigenvalue weighted by molar-refractivity contribution is -0.284. The number of nitrogens with one attached hydrogen (secondary N) is 5. The number of aromatic hydroxyl groups is 1. The van der Waals surface area contributed by atoms with Crippen LogP contribution in [0, 0.1) is 17.3 Å². The molecule has 0 bridgehead atoms. The average Bonchev–Trinajstić information content (AvgIpc) is 0.961. The summed E-state index contributed by atoms with van der Waals surface area (Å²) < 4.78 is 116. The second kappa shape index (κ2) is 60.4. The summed E-state index contributed by atoms with van der Waals surface area (Å²) >= 11 is 0. The number of rotatable bonds is 68. The van der Waals surface area contributed by atoms with Crippen LogP contribution in [0.5, 0.6) is 17.2 Å². The maximum atomic E-state index is 14.1. The fourth-order valence-electron chi connectivity index (χ4n) is 13.2. The van der Waals surface area contributed by atoms with Crippen LogP contribution in [0.1, 0.15) is 71.1 Å². The molecule has 5 heterocycles. The summed E-state index contributed by atoms with van der Waals surface area (Å²) in [5, 5.41) is 112. The first-order chi connectivity index (χ1) is 61.4. The molecule has 3 fully saturated rings. The molecule has 720 valence electrons. The van der Waals surface area contributed by atoms with E-state index in [1.165, 1.54) is 28.6 Å². The standard InChI is InChI=1S/C82H131N9O36/c1-5-63-74(103)72(101)54(2)78(124-63)121-39-35-111-29-26-108-22-15-83-67(97)12-19-117-51-82(52-118-20-13-68(98)84-16-23-109-27-30-112-36-40-122-79-55(3)73(102)75(104)65(47-92)125-79,53-119-21-14-69(99)85-17-24-110-28-31-113-37-41-123-80-71(87-56(4)94)77(106)76(105)66(48-93)126-80)43-61(96)44-86-70(100)50-115-25-18-90-46-58(88-89-90)49-116-33-32-114-34-38-120-62-10-7-59(8-11-62)91-45-57-6-9-60(95)42-64(57)127-81(91)107/h6-11,42,46,54-55,63,65-66,71-80,92-93,95,101-106H,5,12-41,43-45,47-53H2,1-4H3,(H,83,97)(H,84,98)(H,85,99)(H,86,100)(H,87,94)/t54-,55-,63-,65-,66-,71-,72-,73-,74+,75+,76+,77-,78?,79?,80-,82?/m1/s1. The molecule has 0 spiro atoms. The molecule has 3 aromatic rings. The van der Waals surface area contributed by atoms with Crippen LogP contribution in [0.25, 0.3) is 0 Å². The van der Waals surface area contributed by atoms with Gasteiger partial charge < -0.3 is 167 Å². The number of anilines is 1. The van der Waals surface area contributed by atoms with Crippen LogP contribution in [-0.2, 0) is 134 Å². The Labute approximate surface area is 736 Å². The number of amides is 6. The number of hydrogen-bond donors (Lipinski definition) is 14. The van der Waals surface area contributed by atoms with Gasteiger partial charge in [0.25, 0.3) is 0 Å². The summed E-state index contributed by atoms with van der Waals surface area (Å²) in [6.07, 6.45) is -11.9. The van der Waals surface area contributed by atoms with Crippen molar-refractivity contribution in [3.8, 4) is 17.2 Å². The molecule has 127 heavy (non-hydrogen) atoms. The van der Waals surface area contributed by atoms with E-state index in [2.05, 4.69) is 36.9 Å². The molecule has 14 N–H and O–H groups in total. The van der Waals surface area contributed by atoms with Crippen LogP contribution in [-0.4, -0.2) is 400 Å². The van der Waals surface area contributed by atoms with Crippen molar-refractivity contribution in [3.05, 3.63) is 59.9 Å². The lowest BCUT2D eigenvalue weighted by Crippen LogP contribution is -2.64. The van der Waals surface area contributed by atoms with Gasteiger partial charge >= 0.3 is 6.09 Å². The number of carbonyl (C=O) groups excluding carboxylic acids is 7. The number of ketones is 1. The van der Waals surface area contributed by atoms with E-state index >= 15 is 0 Å². The number of nitrogens with zero attached hydrogens (tertiary/aromatic N) is 4. The van der Waals surface area contributed by atoms with Crippen molar-refractivity contribution < 1.29 is 174 Å². The number of aliphatic hydroxyl groups excluding tert-OH is 8. The largest absolute Gasteiger partial charge is 0.508 e. The lowest BCUT2D eigenvalue weighted by Gasteiger charge is -2.42. The normalized spacial score (nSPS) is 23.4. The predicted molar refractivity (Wildman–Crippen MR) is 439 cm³/mol. The monoisotopic (exact) mass is 1820 g/mol. The maximum Gasteiger partial charge on any atom is 0.420 e. The van der Waals surface area contributed by atoms with Gasteiger partial charge in [-0.25, -0.2) is 9.48 Å². The van der Waals surface area contributed by atoms with E-state index in [-0.39, 0.29) is 248 Å². The molecular weight excluding hydrogens is 1690 g/mol. The molecule has 0 radical (unpaired) electrons. The van der Waals surface area contributed by atoms with Gasteiger partial charge in [-0.1, -0.05) is 26.0 Å². The number of fused-ring (bicyclic) bond motifs is 1. The Morgan fingerprint density at radius 3 is 1.49 bits per heavy atom. The molecule has 6 amide bonds. The number of Topliss-reactive ketones (excluding diaryl/α,β-unsaturated/α-hetero) is 1. The van der Waals surface area contributed by atoms with Gasteiger partial charge in [-0.05, 0) is 42.8 Å². The summed E-state index contributed by atoms with van der Waals surface area (Å²) in [6, 6.07) is 10.5. The van der Waals surface area contributed by atoms with E-state index in [1.54, 1.807) is 50.4 Å². The molecule has 7 rings (SSSR count). The van der Waals surface area contributed by atoms with Crippen molar-refractivity contribution >= 4 is 47.1 Å². The highest BCUT2D eigenvalue weighted by molar-refractivity contribution is 5.91. The quantitative estimate of drug-likeness (QED) is 0.0243. The number of ether oxygens (including phenoxy) is 20. The number of benzene rings is 2. The minimum atomic E-state index is -1.47. The summed E-state index contributed by atoms with van der Waals surface area (Å²) in [6.45, 7) is 7.50. The zero-order chi connectivity index (χ0) is 91.6. The number of aromatic nitrogens is 3. The zero-order valence-electron chi connectivity index (χ0n) is 72.6. The first kappa shape index (κ1) is 106. The first-order valence-electron chi connectivity index (χ1n) is 42.7. The Hall–Kier alpha value is -7.57. The van der Waals surface area contributed by atoms with Crippen molar-refractivity contribution in [1.82, 2.24) is 41.6 Å². The van der Waals surface area contributed by atoms with Gasteiger partial charge in [-0.2, -0.15) is 0 Å². The van der Waals surface area contributed by atoms with Gasteiger partial charge in [0.1, 0.15) is 78.8 Å². The number of phenols is 1. The van der Waals surface area contributed by atoms with Gasteiger partial charge in [-0.15, -0.1) is 5.10 Å². The smallest absolute Gasteiger partial charge is 0.420 e. The Morgan fingerprint density at radius 2 is 0.976 bits per heavy atom. The van der Waals surface area contributed by atoms with Gasteiger partial charge in [0.15, 0.2) is 24.7 Å². The van der Waals surface area contributed by atoms with E-state index < -0.39 is 159 Å². The van der Waals surface area contributed by atoms with Gasteiger partial charge in [0.05, 0.1) is 229 Å². The topological polar surface area (TPSA) is 580 Å². The average molecular weight is 1820 g/mol. The highest BCUT2D eigenvalue weighted by Crippen LogP contribution is 2.34. The first-order valence-corrected chi connectivity index (χ1v) is 42.7. The maximum absolute atomic E-state index is 14.1. The summed E-state index contributed by atoms with van der Waals surface area (Å²) in [5.41, 5.74) is 0.554. The second-order valence-electron chi connectivity index (χ2n) is 30.3. The molecule has 45 heteroatoms. The summed E-state index contributed by atoms with van der Waals surface area (Å²) in [7, 11) is 0. The molecule has 4 aliphatic heterocycles. The highest BCUT2D eigenvalue weighted by atomic mass is 16.7. The molecule has 0 saturated carbocycles. The Bertz CT molecular complexity index is 3540. The number of aliphatic hydroxyl groups is 8. The van der Waals surface area contributed by atoms with Crippen molar-refractivity contribution in [2.75, 3.05) is 223 Å². The minimum absolute atomic E-state index is 0.00409. The number of phenolic OH excluding ortho intramolecular Hbond substituents is 1. The van der Waals surface area contributed by atoms with Gasteiger partial charge in [-0.3, -0.25) is 33.7 Å². The molecule has 3 saturated heterocycles. The summed E-state index contributed by atoms with van der Waals surface area (Å²) in [4.78, 5) is 92.4. The molecule has 0 aliphatic carbocycles. The third kappa shape index (κ3) is 39.6. The van der Waals surface area contributed by atoms with Crippen LogP contribution >= 0.6 is 0 Å². The van der Waals surface area contributed by atoms with Gasteiger partial charge in [0.2, 0.25) is 29.5 Å². The Morgan fingerprint density at radius 1 is 0.512 bits per heavy atom. The van der Waals surface area contributed by atoms with Crippen LogP contribution in [0.2, 0.25) is 0 Å². The van der Waals surface area contributed by atoms with Crippen molar-refractivity contribution in [1.29, 1.82) is 0 Å². The number of carbonyl (C=O) groups is 7. The third-order valence-corrected chi connectivity index (χ3v) is 20.2. The van der Waals surface area contributed by atoms with Crippen LogP contribution in [0.3, 0.4) is 0 Å². The number of hydrogen-bond acceptors (Lipinski definition) is 38. The molecule has 2 aromatic carbocycles.